The number of amides is 2. The fraction of sp³-hybridized carbons (Fsp3) is 0.500. The molecule has 0 aliphatic carbocycles. The smallest absolute Gasteiger partial charge is 0.241 e. The second-order valence-electron chi connectivity index (χ2n) is 4.86. The van der Waals surface area contributed by atoms with Crippen LogP contribution >= 0.6 is 12.4 Å². The van der Waals surface area contributed by atoms with E-state index in [2.05, 4.69) is 4.98 Å². The van der Waals surface area contributed by atoms with E-state index in [4.69, 9.17) is 5.73 Å². The minimum Gasteiger partial charge on any atom is -0.397 e. The average molecular weight is 315 g/mol. The molecule has 0 saturated heterocycles. The van der Waals surface area contributed by atoms with E-state index in [1.54, 1.807) is 31.1 Å². The largest absolute Gasteiger partial charge is 0.397 e. The van der Waals surface area contributed by atoms with Crippen LogP contribution in [0.25, 0.3) is 0 Å². The number of carbonyl (C=O) groups is 2. The molecule has 1 aromatic heterocycles. The summed E-state index contributed by atoms with van der Waals surface area (Å²) in [6.07, 6.45) is 2.51. The van der Waals surface area contributed by atoms with Crippen molar-refractivity contribution in [2.45, 2.75) is 19.8 Å². The Bertz CT molecular complexity index is 463. The lowest BCUT2D eigenvalue weighted by atomic mass is 10.2. The molecule has 7 heteroatoms. The average Bonchev–Trinajstić information content (AvgIpc) is 2.40. The van der Waals surface area contributed by atoms with Crippen molar-refractivity contribution in [1.82, 2.24) is 14.8 Å². The van der Waals surface area contributed by atoms with Gasteiger partial charge in [-0.15, -0.1) is 12.4 Å². The van der Waals surface area contributed by atoms with Crippen molar-refractivity contribution in [3.63, 3.8) is 0 Å². The molecule has 0 saturated carbocycles. The van der Waals surface area contributed by atoms with Gasteiger partial charge in [0.15, 0.2) is 0 Å². The second-order valence-corrected chi connectivity index (χ2v) is 4.86. The van der Waals surface area contributed by atoms with E-state index in [0.29, 0.717) is 17.9 Å². The van der Waals surface area contributed by atoms with Crippen LogP contribution in [0.5, 0.6) is 0 Å². The van der Waals surface area contributed by atoms with Gasteiger partial charge >= 0.3 is 0 Å². The summed E-state index contributed by atoms with van der Waals surface area (Å²) in [5, 5.41) is 0. The fourth-order valence-electron chi connectivity index (χ4n) is 1.67. The van der Waals surface area contributed by atoms with Gasteiger partial charge in [-0.2, -0.15) is 0 Å². The number of aromatic nitrogens is 1. The van der Waals surface area contributed by atoms with E-state index in [1.807, 2.05) is 6.92 Å². The van der Waals surface area contributed by atoms with Gasteiger partial charge in [-0.3, -0.25) is 14.6 Å². The minimum absolute atomic E-state index is 0. The Morgan fingerprint density at radius 3 is 2.38 bits per heavy atom. The predicted octanol–water partition coefficient (Wildman–Crippen LogP) is 0.955. The van der Waals surface area contributed by atoms with E-state index in [-0.39, 0.29) is 37.2 Å². The first-order valence-electron chi connectivity index (χ1n) is 6.62. The van der Waals surface area contributed by atoms with E-state index in [1.165, 1.54) is 11.1 Å². The Balaban J connectivity index is 0.00000400. The predicted molar refractivity (Wildman–Crippen MR) is 85.2 cm³/mol. The second kappa shape index (κ2) is 9.18. The molecule has 6 nitrogen and oxygen atoms in total. The quantitative estimate of drug-likeness (QED) is 0.848. The molecule has 0 radical (unpaired) electrons. The van der Waals surface area contributed by atoms with Crippen LogP contribution in [0.2, 0.25) is 0 Å². The number of hydrogen-bond acceptors (Lipinski definition) is 4. The van der Waals surface area contributed by atoms with Gasteiger partial charge in [0.05, 0.1) is 24.8 Å². The molecule has 1 aromatic rings. The van der Waals surface area contributed by atoms with Crippen molar-refractivity contribution >= 4 is 29.9 Å². The molecule has 2 amide bonds. The number of carbonyl (C=O) groups excluding carboxylic acids is 2. The zero-order chi connectivity index (χ0) is 15.1. The molecule has 0 aromatic carbocycles. The first kappa shape index (κ1) is 19.2. The maximum atomic E-state index is 12.2. The lowest BCUT2D eigenvalue weighted by Crippen LogP contribution is -2.41. The minimum atomic E-state index is -0.0979. The van der Waals surface area contributed by atoms with Gasteiger partial charge in [0.25, 0.3) is 0 Å². The van der Waals surface area contributed by atoms with Crippen molar-refractivity contribution in [3.8, 4) is 0 Å². The lowest BCUT2D eigenvalue weighted by Gasteiger charge is -2.23. The number of halogens is 1. The molecular formula is C14H23ClN4O2. The van der Waals surface area contributed by atoms with Crippen LogP contribution in [0.1, 0.15) is 19.0 Å². The van der Waals surface area contributed by atoms with Crippen molar-refractivity contribution < 1.29 is 9.59 Å². The highest BCUT2D eigenvalue weighted by atomic mass is 35.5. The summed E-state index contributed by atoms with van der Waals surface area (Å²) in [4.78, 5) is 31.1. The molecule has 0 aliphatic rings. The van der Waals surface area contributed by atoms with Gasteiger partial charge in [-0.1, -0.05) is 6.92 Å². The van der Waals surface area contributed by atoms with Crippen LogP contribution in [0, 0.1) is 0 Å². The molecule has 0 unspecified atom stereocenters. The maximum Gasteiger partial charge on any atom is 0.241 e. The topological polar surface area (TPSA) is 79.5 Å². The molecular weight excluding hydrogens is 292 g/mol. The molecule has 0 aliphatic heterocycles. The van der Waals surface area contributed by atoms with Gasteiger partial charge in [0, 0.05) is 26.3 Å². The van der Waals surface area contributed by atoms with Crippen LogP contribution in [0.3, 0.4) is 0 Å². The highest BCUT2D eigenvalue weighted by Crippen LogP contribution is 2.05. The van der Waals surface area contributed by atoms with Crippen molar-refractivity contribution in [3.05, 3.63) is 24.0 Å². The van der Waals surface area contributed by atoms with Crippen molar-refractivity contribution in [2.75, 3.05) is 32.9 Å². The summed E-state index contributed by atoms with van der Waals surface area (Å²) in [7, 11) is 3.36. The molecule has 0 atom stereocenters. The SMILES string of the molecule is CCCN(CC(=O)N(C)C)C(=O)Cc1ccc(N)cn1.Cl. The van der Waals surface area contributed by atoms with Crippen LogP contribution in [-0.2, 0) is 16.0 Å². The number of nitrogens with zero attached hydrogens (tertiary/aromatic N) is 3. The molecule has 0 spiro atoms. The van der Waals surface area contributed by atoms with Crippen LogP contribution in [0.15, 0.2) is 18.3 Å². The highest BCUT2D eigenvalue weighted by molar-refractivity contribution is 5.85. The molecule has 2 N–H and O–H groups in total. The normalized spacial score (nSPS) is 9.67. The molecule has 1 heterocycles. The van der Waals surface area contributed by atoms with Crippen molar-refractivity contribution in [1.29, 1.82) is 0 Å². The first-order valence-corrected chi connectivity index (χ1v) is 6.62. The van der Waals surface area contributed by atoms with Gasteiger partial charge in [0.2, 0.25) is 11.8 Å². The van der Waals surface area contributed by atoms with Gasteiger partial charge in [-0.25, -0.2) is 0 Å². The molecule has 0 bridgehead atoms. The first-order chi connectivity index (χ1) is 9.43. The van der Waals surface area contributed by atoms with Crippen LogP contribution in [0.4, 0.5) is 5.69 Å². The number of likely N-dealkylation sites (N-methyl/N-ethyl adjacent to an activating group) is 1. The Hall–Kier alpha value is -1.82. The Labute approximate surface area is 131 Å². The lowest BCUT2D eigenvalue weighted by molar-refractivity contribution is -0.138. The van der Waals surface area contributed by atoms with Crippen LogP contribution in [-0.4, -0.2) is 53.8 Å². The Morgan fingerprint density at radius 2 is 1.90 bits per heavy atom. The standard InChI is InChI=1S/C14H22N4O2.ClH/c1-4-7-18(10-14(20)17(2)3)13(19)8-12-6-5-11(15)9-16-12;/h5-6,9H,4,7-8,10,15H2,1-3H3;1H. The third kappa shape index (κ3) is 6.44. The molecule has 1 rings (SSSR count). The fourth-order valence-corrected chi connectivity index (χ4v) is 1.67. The maximum absolute atomic E-state index is 12.2. The van der Waals surface area contributed by atoms with Gasteiger partial charge in [-0.05, 0) is 18.6 Å². The van der Waals surface area contributed by atoms with E-state index in [0.717, 1.165) is 6.42 Å². The summed E-state index contributed by atoms with van der Waals surface area (Å²) in [5.41, 5.74) is 6.78. The molecule has 21 heavy (non-hydrogen) atoms. The highest BCUT2D eigenvalue weighted by Gasteiger charge is 2.18. The summed E-state index contributed by atoms with van der Waals surface area (Å²) in [5.74, 6) is -0.184. The number of nitrogens with two attached hydrogens (primary N) is 1. The number of nitrogen functional groups attached to an aromatic ring is 1. The van der Waals surface area contributed by atoms with Gasteiger partial charge < -0.3 is 15.5 Å². The van der Waals surface area contributed by atoms with E-state index in [9.17, 15) is 9.59 Å². The number of pyridine rings is 1. The summed E-state index contributed by atoms with van der Waals surface area (Å²) >= 11 is 0. The molecule has 0 fully saturated rings. The summed E-state index contributed by atoms with van der Waals surface area (Å²) in [6, 6.07) is 3.44. The third-order valence-corrected chi connectivity index (χ3v) is 2.85. The van der Waals surface area contributed by atoms with E-state index < -0.39 is 0 Å². The summed E-state index contributed by atoms with van der Waals surface area (Å²) < 4.78 is 0. The zero-order valence-corrected chi connectivity index (χ0v) is 13.5. The van der Waals surface area contributed by atoms with E-state index >= 15 is 0 Å². The third-order valence-electron chi connectivity index (χ3n) is 2.85. The van der Waals surface area contributed by atoms with Crippen molar-refractivity contribution in [2.24, 2.45) is 0 Å². The molecule has 118 valence electrons. The number of hydrogen-bond donors (Lipinski definition) is 1. The monoisotopic (exact) mass is 314 g/mol. The number of rotatable bonds is 6. The van der Waals surface area contributed by atoms with Gasteiger partial charge in [0.1, 0.15) is 0 Å². The number of anilines is 1. The Morgan fingerprint density at radius 1 is 1.24 bits per heavy atom. The zero-order valence-electron chi connectivity index (χ0n) is 12.7. The van der Waals surface area contributed by atoms with Crippen LogP contribution < -0.4 is 5.73 Å². The summed E-state index contributed by atoms with van der Waals surface area (Å²) in [6.45, 7) is 2.64. The Kier molecular flexibility index (Phi) is 8.38.